The third-order valence-corrected chi connectivity index (χ3v) is 3.30. The summed E-state index contributed by atoms with van der Waals surface area (Å²) in [7, 11) is 0. The molecule has 0 saturated heterocycles. The molecule has 3 nitrogen and oxygen atoms in total. The average Bonchev–Trinajstić information content (AvgIpc) is 2.35. The first-order chi connectivity index (χ1) is 9.45. The number of aromatic hydroxyl groups is 1. The number of phenolic OH excluding ortho intramolecular Hbond substituents is 1. The van der Waals surface area contributed by atoms with Gasteiger partial charge in [0, 0.05) is 18.5 Å². The monoisotopic (exact) mass is 269 g/mol. The Labute approximate surface area is 119 Å². The lowest BCUT2D eigenvalue weighted by molar-refractivity contribution is -0.117. The predicted octanol–water partition coefficient (Wildman–Crippen LogP) is 2.95. The van der Waals surface area contributed by atoms with Gasteiger partial charge in [-0.3, -0.25) is 4.79 Å². The fourth-order valence-electron chi connectivity index (χ4n) is 2.37. The highest BCUT2D eigenvalue weighted by atomic mass is 16.3. The number of hydrogen-bond acceptors (Lipinski definition) is 3. The number of nitrogens with two attached hydrogens (primary N) is 1. The lowest BCUT2D eigenvalue weighted by Gasteiger charge is -2.08. The second-order valence-corrected chi connectivity index (χ2v) is 5.22. The zero-order chi connectivity index (χ0) is 14.7. The Kier molecular flexibility index (Phi) is 4.08. The van der Waals surface area contributed by atoms with E-state index < -0.39 is 0 Å². The number of Topliss-reactive ketones (excluding diaryl/α,β-unsaturated/α-hetero) is 1. The van der Waals surface area contributed by atoms with Crippen molar-refractivity contribution >= 4 is 11.5 Å². The van der Waals surface area contributed by atoms with E-state index in [4.69, 9.17) is 5.73 Å². The van der Waals surface area contributed by atoms with Crippen LogP contribution in [0.5, 0.6) is 5.75 Å². The van der Waals surface area contributed by atoms with Crippen LogP contribution >= 0.6 is 0 Å². The van der Waals surface area contributed by atoms with Crippen molar-refractivity contribution in [1.82, 2.24) is 0 Å². The molecule has 0 fully saturated rings. The summed E-state index contributed by atoms with van der Waals surface area (Å²) in [6.07, 6.45) is 0.751. The van der Waals surface area contributed by atoms with Crippen LogP contribution in [0.15, 0.2) is 36.4 Å². The summed E-state index contributed by atoms with van der Waals surface area (Å²) in [4.78, 5) is 12.1. The summed E-state index contributed by atoms with van der Waals surface area (Å²) in [5.41, 5.74) is 9.85. The minimum Gasteiger partial charge on any atom is -0.507 e. The Hall–Kier alpha value is -2.29. The largest absolute Gasteiger partial charge is 0.507 e. The zero-order valence-electron chi connectivity index (χ0n) is 11.8. The molecule has 0 aromatic heterocycles. The van der Waals surface area contributed by atoms with Crippen molar-refractivity contribution in [2.75, 3.05) is 5.73 Å². The first kappa shape index (κ1) is 14.1. The van der Waals surface area contributed by atoms with Gasteiger partial charge in [-0.1, -0.05) is 24.3 Å². The van der Waals surface area contributed by atoms with Crippen LogP contribution in [-0.2, 0) is 17.6 Å². The maximum absolute atomic E-state index is 12.1. The van der Waals surface area contributed by atoms with Gasteiger partial charge in [0.2, 0.25) is 0 Å². The summed E-state index contributed by atoms with van der Waals surface area (Å²) in [6, 6.07) is 11.1. The van der Waals surface area contributed by atoms with E-state index in [9.17, 15) is 9.90 Å². The fourth-order valence-corrected chi connectivity index (χ4v) is 2.37. The number of nitrogen functional groups attached to an aromatic ring is 1. The van der Waals surface area contributed by atoms with Crippen LogP contribution in [-0.4, -0.2) is 10.9 Å². The molecule has 2 rings (SSSR count). The highest BCUT2D eigenvalue weighted by molar-refractivity contribution is 5.83. The SMILES string of the molecule is Cc1cc(CC(=O)Cc2cccc(N)c2)cc(C)c1O. The Morgan fingerprint density at radius 1 is 1.05 bits per heavy atom. The maximum atomic E-state index is 12.1. The molecule has 0 atom stereocenters. The standard InChI is InChI=1S/C17H19NO2/c1-11-6-14(7-12(2)17(11)20)10-16(19)9-13-4-3-5-15(18)8-13/h3-8,20H,9-10,18H2,1-2H3. The van der Waals surface area contributed by atoms with Crippen molar-refractivity contribution in [1.29, 1.82) is 0 Å². The zero-order valence-corrected chi connectivity index (χ0v) is 11.8. The van der Waals surface area contributed by atoms with Crippen LogP contribution in [0.25, 0.3) is 0 Å². The molecule has 2 aromatic rings. The number of carbonyl (C=O) groups excluding carboxylic acids is 1. The molecule has 0 bridgehead atoms. The number of benzene rings is 2. The van der Waals surface area contributed by atoms with Crippen LogP contribution < -0.4 is 5.73 Å². The highest BCUT2D eigenvalue weighted by Gasteiger charge is 2.09. The minimum absolute atomic E-state index is 0.139. The van der Waals surface area contributed by atoms with Gasteiger partial charge in [-0.05, 0) is 48.2 Å². The summed E-state index contributed by atoms with van der Waals surface area (Å²) >= 11 is 0. The summed E-state index contributed by atoms with van der Waals surface area (Å²) < 4.78 is 0. The van der Waals surface area contributed by atoms with Gasteiger partial charge >= 0.3 is 0 Å². The van der Waals surface area contributed by atoms with E-state index in [2.05, 4.69) is 0 Å². The lowest BCUT2D eigenvalue weighted by Crippen LogP contribution is -2.07. The quantitative estimate of drug-likeness (QED) is 0.839. The van der Waals surface area contributed by atoms with E-state index in [0.717, 1.165) is 22.3 Å². The molecule has 0 unspecified atom stereocenters. The summed E-state index contributed by atoms with van der Waals surface area (Å²) in [5.74, 6) is 0.442. The predicted molar refractivity (Wildman–Crippen MR) is 80.9 cm³/mol. The Morgan fingerprint density at radius 3 is 2.25 bits per heavy atom. The molecule has 20 heavy (non-hydrogen) atoms. The third-order valence-electron chi connectivity index (χ3n) is 3.30. The van der Waals surface area contributed by atoms with E-state index >= 15 is 0 Å². The van der Waals surface area contributed by atoms with Crippen molar-refractivity contribution in [2.45, 2.75) is 26.7 Å². The first-order valence-electron chi connectivity index (χ1n) is 6.61. The molecule has 104 valence electrons. The van der Waals surface area contributed by atoms with Gasteiger partial charge in [-0.2, -0.15) is 0 Å². The minimum atomic E-state index is 0.139. The van der Waals surface area contributed by atoms with Gasteiger partial charge < -0.3 is 10.8 Å². The van der Waals surface area contributed by atoms with E-state index in [-0.39, 0.29) is 5.78 Å². The molecule has 0 spiro atoms. The van der Waals surface area contributed by atoms with Gasteiger partial charge in [-0.25, -0.2) is 0 Å². The molecule has 2 aromatic carbocycles. The topological polar surface area (TPSA) is 63.3 Å². The third kappa shape index (κ3) is 3.38. The van der Waals surface area contributed by atoms with E-state index in [0.29, 0.717) is 24.3 Å². The number of anilines is 1. The molecule has 3 N–H and O–H groups in total. The van der Waals surface area contributed by atoms with Gasteiger partial charge in [0.1, 0.15) is 11.5 Å². The molecule has 0 aliphatic heterocycles. The van der Waals surface area contributed by atoms with Gasteiger partial charge in [0.05, 0.1) is 0 Å². The Balaban J connectivity index is 2.09. The first-order valence-corrected chi connectivity index (χ1v) is 6.61. The molecular formula is C17H19NO2. The molecule has 0 amide bonds. The van der Waals surface area contributed by atoms with Gasteiger partial charge in [0.15, 0.2) is 0 Å². The lowest BCUT2D eigenvalue weighted by atomic mass is 9.99. The molecule has 0 aliphatic rings. The molecule has 0 radical (unpaired) electrons. The Bertz CT molecular complexity index is 624. The van der Waals surface area contributed by atoms with Crippen LogP contribution in [0.3, 0.4) is 0 Å². The van der Waals surface area contributed by atoms with Gasteiger partial charge in [-0.15, -0.1) is 0 Å². The van der Waals surface area contributed by atoms with E-state index in [1.54, 1.807) is 6.07 Å². The van der Waals surface area contributed by atoms with Gasteiger partial charge in [0.25, 0.3) is 0 Å². The maximum Gasteiger partial charge on any atom is 0.141 e. The summed E-state index contributed by atoms with van der Waals surface area (Å²) in [6.45, 7) is 3.68. The number of aryl methyl sites for hydroxylation is 2. The molecule has 0 heterocycles. The summed E-state index contributed by atoms with van der Waals surface area (Å²) in [5, 5.41) is 9.73. The van der Waals surface area contributed by atoms with Crippen LogP contribution in [0.2, 0.25) is 0 Å². The molecule has 0 saturated carbocycles. The molecular weight excluding hydrogens is 250 g/mol. The van der Waals surface area contributed by atoms with Crippen molar-refractivity contribution in [3.63, 3.8) is 0 Å². The van der Waals surface area contributed by atoms with Crippen molar-refractivity contribution < 1.29 is 9.90 Å². The number of carbonyl (C=O) groups is 1. The van der Waals surface area contributed by atoms with Crippen molar-refractivity contribution in [2.24, 2.45) is 0 Å². The number of ketones is 1. The van der Waals surface area contributed by atoms with Crippen molar-refractivity contribution in [3.05, 3.63) is 58.7 Å². The smallest absolute Gasteiger partial charge is 0.141 e. The van der Waals surface area contributed by atoms with Crippen LogP contribution in [0, 0.1) is 13.8 Å². The van der Waals surface area contributed by atoms with E-state index in [1.165, 1.54) is 0 Å². The number of rotatable bonds is 4. The number of hydrogen-bond donors (Lipinski definition) is 2. The number of phenols is 1. The highest BCUT2D eigenvalue weighted by Crippen LogP contribution is 2.23. The van der Waals surface area contributed by atoms with Crippen LogP contribution in [0.1, 0.15) is 22.3 Å². The second-order valence-electron chi connectivity index (χ2n) is 5.22. The fraction of sp³-hybridized carbons (Fsp3) is 0.235. The molecule has 0 aliphatic carbocycles. The van der Waals surface area contributed by atoms with Crippen LogP contribution in [0.4, 0.5) is 5.69 Å². The normalized spacial score (nSPS) is 10.5. The van der Waals surface area contributed by atoms with E-state index in [1.807, 2.05) is 44.2 Å². The molecule has 3 heteroatoms. The second kappa shape index (κ2) is 5.78. The van der Waals surface area contributed by atoms with Crippen molar-refractivity contribution in [3.8, 4) is 5.75 Å². The average molecular weight is 269 g/mol. The Morgan fingerprint density at radius 2 is 1.65 bits per heavy atom.